The molecule has 0 spiro atoms. The van der Waals surface area contributed by atoms with Gasteiger partial charge in [0.2, 0.25) is 5.91 Å². The molecular weight excluding hydrogens is 554 g/mol. The number of aromatic hydroxyl groups is 1. The first kappa shape index (κ1) is 31.6. The van der Waals surface area contributed by atoms with Crippen LogP contribution in [0.5, 0.6) is 5.75 Å². The lowest BCUT2D eigenvalue weighted by molar-refractivity contribution is -0.122. The maximum atomic E-state index is 14.1. The van der Waals surface area contributed by atoms with E-state index in [0.29, 0.717) is 34.4 Å². The van der Waals surface area contributed by atoms with Crippen LogP contribution in [0.15, 0.2) is 36.5 Å². The fourth-order valence-corrected chi connectivity index (χ4v) is 4.88. The summed E-state index contributed by atoms with van der Waals surface area (Å²) in [5.41, 5.74) is 3.06. The number of ketones is 1. The molecule has 206 valence electrons. The molecule has 7 nitrogen and oxygen atoms in total. The number of likely N-dealkylation sites (N-methyl/N-ethyl adjacent to an activating group) is 1. The highest BCUT2D eigenvalue weighted by atomic mass is 35.5. The van der Waals surface area contributed by atoms with Crippen LogP contribution in [0.1, 0.15) is 43.0 Å². The van der Waals surface area contributed by atoms with Crippen LogP contribution in [0.25, 0.3) is 22.0 Å². The van der Waals surface area contributed by atoms with E-state index in [9.17, 15) is 19.1 Å². The molecule has 11 heteroatoms. The molecule has 4 rings (SSSR count). The Kier molecular flexibility index (Phi) is 11.2. The molecule has 1 amide bonds. The summed E-state index contributed by atoms with van der Waals surface area (Å²) in [5.74, 6) is -1.48. The number of carbonyl (C=O) groups excluding carboxylic acids is 2. The zero-order valence-electron chi connectivity index (χ0n) is 21.4. The number of anilines is 1. The molecule has 3 N–H and O–H groups in total. The van der Waals surface area contributed by atoms with E-state index in [0.717, 1.165) is 31.1 Å². The summed E-state index contributed by atoms with van der Waals surface area (Å²) in [6, 6.07) is 8.46. The minimum atomic E-state index is -0.805. The van der Waals surface area contributed by atoms with Crippen LogP contribution in [0.4, 0.5) is 10.1 Å². The van der Waals surface area contributed by atoms with Gasteiger partial charge >= 0.3 is 0 Å². The Bertz CT molecular complexity index is 1290. The predicted octanol–water partition coefficient (Wildman–Crippen LogP) is 5.85. The molecule has 1 aromatic heterocycles. The maximum Gasteiger partial charge on any atom is 0.234 e. The van der Waals surface area contributed by atoms with Crippen molar-refractivity contribution in [3.05, 3.63) is 52.9 Å². The van der Waals surface area contributed by atoms with Crippen molar-refractivity contribution < 1.29 is 19.1 Å². The smallest absolute Gasteiger partial charge is 0.234 e. The molecule has 1 aliphatic rings. The molecular formula is C27H32Cl3FN4O3. The first-order valence-electron chi connectivity index (χ1n) is 11.9. The van der Waals surface area contributed by atoms with Crippen LogP contribution in [0.2, 0.25) is 5.02 Å². The molecule has 1 fully saturated rings. The van der Waals surface area contributed by atoms with Gasteiger partial charge in [0.25, 0.3) is 0 Å². The van der Waals surface area contributed by atoms with Crippen molar-refractivity contribution in [2.24, 2.45) is 0 Å². The molecule has 0 radical (unpaired) electrons. The van der Waals surface area contributed by atoms with Crippen molar-refractivity contribution in [1.29, 1.82) is 0 Å². The number of rotatable bonds is 7. The summed E-state index contributed by atoms with van der Waals surface area (Å²) in [6.45, 7) is 1.87. The van der Waals surface area contributed by atoms with Gasteiger partial charge in [-0.25, -0.2) is 4.39 Å². The number of nitrogens with one attached hydrogen (secondary N) is 2. The minimum absolute atomic E-state index is 0. The monoisotopic (exact) mass is 584 g/mol. The molecule has 0 bridgehead atoms. The number of fused-ring (bicyclic) bond motifs is 1. The van der Waals surface area contributed by atoms with E-state index in [-0.39, 0.29) is 53.6 Å². The molecule has 0 atom stereocenters. The number of phenolic OH excluding ortho intramolecular Hbond substituents is 1. The quantitative estimate of drug-likeness (QED) is 0.301. The maximum absolute atomic E-state index is 14.1. The van der Waals surface area contributed by atoms with Gasteiger partial charge in [0.1, 0.15) is 0 Å². The summed E-state index contributed by atoms with van der Waals surface area (Å²) >= 11 is 5.99. The molecule has 1 aliphatic carbocycles. The zero-order valence-corrected chi connectivity index (χ0v) is 23.8. The Morgan fingerprint density at radius 1 is 1.08 bits per heavy atom. The van der Waals surface area contributed by atoms with Crippen molar-refractivity contribution >= 4 is 64.7 Å². The van der Waals surface area contributed by atoms with Crippen molar-refractivity contribution in [3.8, 4) is 16.9 Å². The Hall–Kier alpha value is -2.65. The fourth-order valence-electron chi connectivity index (χ4n) is 4.67. The van der Waals surface area contributed by atoms with Crippen LogP contribution < -0.4 is 10.6 Å². The van der Waals surface area contributed by atoms with Crippen molar-refractivity contribution in [2.45, 2.75) is 44.7 Å². The van der Waals surface area contributed by atoms with Gasteiger partial charge in [-0.2, -0.15) is 0 Å². The Morgan fingerprint density at radius 2 is 1.74 bits per heavy atom. The van der Waals surface area contributed by atoms with E-state index >= 15 is 0 Å². The number of Topliss-reactive ketones (excluding diaryl/α,β-unsaturated/α-hetero) is 1. The number of phenols is 1. The number of benzene rings is 2. The highest BCUT2D eigenvalue weighted by molar-refractivity contribution is 6.32. The van der Waals surface area contributed by atoms with Crippen molar-refractivity contribution in [3.63, 3.8) is 0 Å². The summed E-state index contributed by atoms with van der Waals surface area (Å²) in [6.07, 6.45) is 4.94. The van der Waals surface area contributed by atoms with E-state index in [1.165, 1.54) is 19.1 Å². The minimum Gasteiger partial charge on any atom is -0.504 e. The predicted molar refractivity (Wildman–Crippen MR) is 155 cm³/mol. The SMILES string of the molecule is CC(=O)c1cnc2ccc(-c3cc(F)c(O)c(Cl)c3)cc2c1NC1CCC(NC(=O)CN(C)C)CC1.Cl.Cl. The largest absolute Gasteiger partial charge is 0.504 e. The van der Waals surface area contributed by atoms with Crippen molar-refractivity contribution in [2.75, 3.05) is 26.0 Å². The topological polar surface area (TPSA) is 94.6 Å². The number of pyridine rings is 1. The first-order chi connectivity index (χ1) is 17.1. The van der Waals surface area contributed by atoms with E-state index < -0.39 is 11.6 Å². The lowest BCUT2D eigenvalue weighted by Crippen LogP contribution is -2.43. The van der Waals surface area contributed by atoms with Gasteiger partial charge in [0.05, 0.1) is 28.3 Å². The van der Waals surface area contributed by atoms with Crippen LogP contribution in [-0.4, -0.2) is 59.4 Å². The highest BCUT2D eigenvalue weighted by Crippen LogP contribution is 2.36. The van der Waals surface area contributed by atoms with Crippen molar-refractivity contribution in [1.82, 2.24) is 15.2 Å². The Labute approximate surface area is 239 Å². The highest BCUT2D eigenvalue weighted by Gasteiger charge is 2.24. The second-order valence-electron chi connectivity index (χ2n) is 9.62. The second kappa shape index (κ2) is 13.4. The van der Waals surface area contributed by atoms with E-state index in [2.05, 4.69) is 15.6 Å². The molecule has 0 unspecified atom stereocenters. The fraction of sp³-hybridized carbons (Fsp3) is 0.370. The van der Waals surface area contributed by atoms with Gasteiger partial charge in [0, 0.05) is 23.7 Å². The van der Waals surface area contributed by atoms with Gasteiger partial charge in [-0.05, 0) is 82.1 Å². The molecule has 2 aromatic carbocycles. The van der Waals surface area contributed by atoms with Gasteiger partial charge in [-0.15, -0.1) is 24.8 Å². The Balaban J connectivity index is 0.00000253. The van der Waals surface area contributed by atoms with Crippen LogP contribution in [0, 0.1) is 5.82 Å². The normalized spacial score (nSPS) is 16.9. The van der Waals surface area contributed by atoms with Gasteiger partial charge in [-0.3, -0.25) is 14.6 Å². The lowest BCUT2D eigenvalue weighted by atomic mass is 9.90. The van der Waals surface area contributed by atoms with Crippen LogP contribution in [0.3, 0.4) is 0 Å². The molecule has 0 aliphatic heterocycles. The summed E-state index contributed by atoms with van der Waals surface area (Å²) < 4.78 is 14.1. The average Bonchev–Trinajstić information content (AvgIpc) is 2.82. The standard InChI is InChI=1S/C27H30ClFN4O3.2ClH/c1-15(34)21-13-30-24-9-4-16(17-11-22(28)27(36)23(29)12-17)10-20(24)26(21)32-19-7-5-18(6-8-19)31-25(35)14-33(2)3;;/h4,9-13,18-19,36H,5-8,14H2,1-3H3,(H,30,32)(H,31,35);2*1H. The van der Waals surface area contributed by atoms with E-state index in [4.69, 9.17) is 11.6 Å². The third kappa shape index (κ3) is 7.26. The first-order valence-corrected chi connectivity index (χ1v) is 12.3. The molecule has 1 saturated carbocycles. The number of hydrogen-bond donors (Lipinski definition) is 3. The molecule has 0 saturated heterocycles. The van der Waals surface area contributed by atoms with Crippen LogP contribution in [-0.2, 0) is 4.79 Å². The molecule has 1 heterocycles. The summed E-state index contributed by atoms with van der Waals surface area (Å²) in [4.78, 5) is 30.9. The summed E-state index contributed by atoms with van der Waals surface area (Å²) in [5, 5.41) is 17.0. The number of hydrogen-bond acceptors (Lipinski definition) is 6. The van der Waals surface area contributed by atoms with Gasteiger partial charge in [0.15, 0.2) is 17.3 Å². The van der Waals surface area contributed by atoms with Gasteiger partial charge in [-0.1, -0.05) is 17.7 Å². The molecule has 3 aromatic rings. The third-order valence-electron chi connectivity index (χ3n) is 6.50. The number of halogens is 4. The Morgan fingerprint density at radius 3 is 2.34 bits per heavy atom. The average molecular weight is 586 g/mol. The second-order valence-corrected chi connectivity index (χ2v) is 10.0. The third-order valence-corrected chi connectivity index (χ3v) is 6.79. The number of amides is 1. The van der Waals surface area contributed by atoms with Crippen LogP contribution >= 0.6 is 36.4 Å². The van der Waals surface area contributed by atoms with E-state index in [1.54, 1.807) is 12.3 Å². The van der Waals surface area contributed by atoms with E-state index in [1.807, 2.05) is 31.1 Å². The lowest BCUT2D eigenvalue weighted by Gasteiger charge is -2.31. The summed E-state index contributed by atoms with van der Waals surface area (Å²) in [7, 11) is 3.73. The number of aromatic nitrogens is 1. The number of carbonyl (C=O) groups is 2. The zero-order chi connectivity index (χ0) is 26.0. The molecule has 38 heavy (non-hydrogen) atoms. The van der Waals surface area contributed by atoms with Gasteiger partial charge < -0.3 is 20.6 Å². The number of nitrogens with zero attached hydrogens (tertiary/aromatic N) is 2.